The first-order valence-corrected chi connectivity index (χ1v) is 27.1. The van der Waals surface area contributed by atoms with Gasteiger partial charge in [-0.1, -0.05) is 215 Å². The van der Waals surface area contributed by atoms with Gasteiger partial charge >= 0.3 is 17.9 Å². The lowest BCUT2D eigenvalue weighted by Crippen LogP contribution is -2.30. The first kappa shape index (κ1) is 61.6. The summed E-state index contributed by atoms with van der Waals surface area (Å²) in [5, 5.41) is 0. The summed E-state index contributed by atoms with van der Waals surface area (Å²) in [5.74, 6) is -0.943. The topological polar surface area (TPSA) is 78.9 Å². The lowest BCUT2D eigenvalue weighted by Gasteiger charge is -2.18. The van der Waals surface area contributed by atoms with Crippen molar-refractivity contribution in [3.63, 3.8) is 0 Å². The molecule has 65 heavy (non-hydrogen) atoms. The van der Waals surface area contributed by atoms with Crippen LogP contribution in [0.1, 0.15) is 252 Å². The number of esters is 3. The third kappa shape index (κ3) is 51.4. The highest BCUT2D eigenvalue weighted by Crippen LogP contribution is 2.14. The molecule has 0 aromatic rings. The molecule has 0 aliphatic carbocycles. The maximum Gasteiger partial charge on any atom is 0.306 e. The second-order valence-corrected chi connectivity index (χ2v) is 17.8. The van der Waals surface area contributed by atoms with Crippen molar-refractivity contribution >= 4 is 17.9 Å². The van der Waals surface area contributed by atoms with Crippen LogP contribution in [0.3, 0.4) is 0 Å². The Kier molecular flexibility index (Phi) is 50.4. The van der Waals surface area contributed by atoms with Gasteiger partial charge in [-0.25, -0.2) is 0 Å². The highest BCUT2D eigenvalue weighted by atomic mass is 16.6. The Labute approximate surface area is 401 Å². The molecule has 1 atom stereocenters. The van der Waals surface area contributed by atoms with Gasteiger partial charge in [0.15, 0.2) is 6.10 Å². The minimum atomic E-state index is -0.798. The van der Waals surface area contributed by atoms with Crippen molar-refractivity contribution in [2.24, 2.45) is 0 Å². The number of hydrogen-bond acceptors (Lipinski definition) is 6. The van der Waals surface area contributed by atoms with E-state index in [0.29, 0.717) is 19.3 Å². The second kappa shape index (κ2) is 53.2. The lowest BCUT2D eigenvalue weighted by molar-refractivity contribution is -0.167. The number of carbonyl (C=O) groups is 3. The van der Waals surface area contributed by atoms with E-state index in [-0.39, 0.29) is 31.1 Å². The van der Waals surface area contributed by atoms with Crippen LogP contribution in [0.25, 0.3) is 0 Å². The number of rotatable bonds is 48. The second-order valence-electron chi connectivity index (χ2n) is 17.8. The Morgan fingerprint density at radius 2 is 0.662 bits per heavy atom. The molecule has 0 aliphatic heterocycles. The minimum Gasteiger partial charge on any atom is -0.462 e. The number of hydrogen-bond donors (Lipinski definition) is 0. The van der Waals surface area contributed by atoms with Crippen LogP contribution in [0.5, 0.6) is 0 Å². The van der Waals surface area contributed by atoms with Gasteiger partial charge in [-0.3, -0.25) is 14.4 Å². The third-order valence-electron chi connectivity index (χ3n) is 11.4. The zero-order valence-electron chi connectivity index (χ0n) is 42.5. The largest absolute Gasteiger partial charge is 0.462 e. The zero-order chi connectivity index (χ0) is 47.2. The molecule has 0 spiro atoms. The summed E-state index contributed by atoms with van der Waals surface area (Å²) in [6, 6.07) is 0. The number of carbonyl (C=O) groups excluding carboxylic acids is 3. The van der Waals surface area contributed by atoms with Gasteiger partial charge in [0.2, 0.25) is 0 Å². The molecule has 372 valence electrons. The number of allylic oxidation sites excluding steroid dienone is 14. The van der Waals surface area contributed by atoms with E-state index in [2.05, 4.69) is 106 Å². The van der Waals surface area contributed by atoms with Gasteiger partial charge in [0, 0.05) is 19.3 Å². The average molecular weight is 905 g/mol. The maximum atomic E-state index is 12.8. The van der Waals surface area contributed by atoms with Gasteiger partial charge in [-0.05, 0) is 103 Å². The molecule has 0 aliphatic rings. The highest BCUT2D eigenvalue weighted by Gasteiger charge is 2.19. The smallest absolute Gasteiger partial charge is 0.306 e. The van der Waals surface area contributed by atoms with Gasteiger partial charge in [0.1, 0.15) is 13.2 Å². The molecule has 6 heteroatoms. The van der Waals surface area contributed by atoms with Crippen molar-refractivity contribution in [1.82, 2.24) is 0 Å². The predicted molar refractivity (Wildman–Crippen MR) is 279 cm³/mol. The van der Waals surface area contributed by atoms with Gasteiger partial charge in [-0.15, -0.1) is 0 Å². The van der Waals surface area contributed by atoms with Crippen molar-refractivity contribution in [2.45, 2.75) is 258 Å². The normalized spacial score (nSPS) is 12.7. The molecule has 0 heterocycles. The molecule has 0 saturated carbocycles. The average Bonchev–Trinajstić information content (AvgIpc) is 3.30. The molecule has 0 fully saturated rings. The van der Waals surface area contributed by atoms with E-state index in [0.717, 1.165) is 128 Å². The zero-order valence-corrected chi connectivity index (χ0v) is 42.5. The Morgan fingerprint density at radius 3 is 1.09 bits per heavy atom. The molecule has 0 aromatic carbocycles. The molecule has 0 amide bonds. The van der Waals surface area contributed by atoms with E-state index in [1.54, 1.807) is 0 Å². The molecule has 1 unspecified atom stereocenters. The van der Waals surface area contributed by atoms with Crippen LogP contribution in [0, 0.1) is 0 Å². The fourth-order valence-corrected chi connectivity index (χ4v) is 7.33. The molecule has 6 nitrogen and oxygen atoms in total. The molecular weight excluding hydrogens is 805 g/mol. The summed E-state index contributed by atoms with van der Waals surface area (Å²) in [5.41, 5.74) is 0. The van der Waals surface area contributed by atoms with Gasteiger partial charge in [-0.2, -0.15) is 0 Å². The maximum absolute atomic E-state index is 12.8. The van der Waals surface area contributed by atoms with Crippen LogP contribution in [0.15, 0.2) is 85.1 Å². The molecular formula is C59H100O6. The Morgan fingerprint density at radius 1 is 0.338 bits per heavy atom. The fraction of sp³-hybridized carbons (Fsp3) is 0.712. The molecule has 0 rings (SSSR count). The minimum absolute atomic E-state index is 0.0970. The number of ether oxygens (including phenoxy) is 3. The highest BCUT2D eigenvalue weighted by molar-refractivity contribution is 5.71. The van der Waals surface area contributed by atoms with Crippen molar-refractivity contribution < 1.29 is 28.6 Å². The molecule has 0 N–H and O–H groups in total. The predicted octanol–water partition coefficient (Wildman–Crippen LogP) is 18.0. The van der Waals surface area contributed by atoms with Crippen LogP contribution >= 0.6 is 0 Å². The van der Waals surface area contributed by atoms with Gasteiger partial charge < -0.3 is 14.2 Å². The number of unbranched alkanes of at least 4 members (excludes halogenated alkanes) is 25. The summed E-state index contributed by atoms with van der Waals surface area (Å²) in [6.07, 6.45) is 68.5. The Balaban J connectivity index is 4.46. The summed E-state index contributed by atoms with van der Waals surface area (Å²) < 4.78 is 16.8. The van der Waals surface area contributed by atoms with Crippen molar-refractivity contribution in [1.29, 1.82) is 0 Å². The first-order chi connectivity index (χ1) is 32.0. The summed E-state index contributed by atoms with van der Waals surface area (Å²) in [7, 11) is 0. The van der Waals surface area contributed by atoms with E-state index in [1.807, 2.05) is 0 Å². The molecule has 0 bridgehead atoms. The lowest BCUT2D eigenvalue weighted by atomic mass is 10.1. The first-order valence-electron chi connectivity index (χ1n) is 27.1. The summed E-state index contributed by atoms with van der Waals surface area (Å²) in [4.78, 5) is 38.0. The molecule has 0 radical (unpaired) electrons. The van der Waals surface area contributed by atoms with Crippen LogP contribution in [-0.2, 0) is 28.6 Å². The van der Waals surface area contributed by atoms with Gasteiger partial charge in [0.05, 0.1) is 0 Å². The quantitative estimate of drug-likeness (QED) is 0.0199. The molecule has 0 saturated heterocycles. The van der Waals surface area contributed by atoms with E-state index < -0.39 is 6.10 Å². The Hall–Kier alpha value is -3.41. The van der Waals surface area contributed by atoms with Crippen molar-refractivity contribution in [3.05, 3.63) is 85.1 Å². The van der Waals surface area contributed by atoms with E-state index in [9.17, 15) is 14.4 Å². The van der Waals surface area contributed by atoms with Crippen LogP contribution in [0.2, 0.25) is 0 Å². The SMILES string of the molecule is CC/C=C\C/C=C\C/C=C\CCCCCCCCC(=O)OC(COC(=O)CCCCC/C=C\CCCCCCCC)COC(=O)CCCCCCC\C=C/C=C\C=C/CCCCCCC. The summed E-state index contributed by atoms with van der Waals surface area (Å²) in [6.45, 7) is 6.46. The standard InChI is InChI=1S/C59H100O6/c1-4-7-10-13-16-19-22-25-27-29-30-32-34-37-40-43-46-49-52-58(61)64-55-56(54-63-57(60)51-48-45-42-39-36-33-24-21-18-15-12-9-6-3)65-59(62)53-50-47-44-41-38-35-31-28-26-23-20-17-14-11-8-5-2/h8,11,17,20,22,25-30,32-33,36,56H,4-7,9-10,12-16,18-19,21,23-24,31,34-35,37-55H2,1-3H3/b11-8-,20-17-,25-22-,28-26-,29-27-,32-30-,36-33-. The summed E-state index contributed by atoms with van der Waals surface area (Å²) >= 11 is 0. The monoisotopic (exact) mass is 905 g/mol. The van der Waals surface area contributed by atoms with Crippen molar-refractivity contribution in [2.75, 3.05) is 13.2 Å². The van der Waals surface area contributed by atoms with Crippen LogP contribution in [0.4, 0.5) is 0 Å². The van der Waals surface area contributed by atoms with Crippen LogP contribution in [-0.4, -0.2) is 37.2 Å². The van der Waals surface area contributed by atoms with Gasteiger partial charge in [0.25, 0.3) is 0 Å². The third-order valence-corrected chi connectivity index (χ3v) is 11.4. The molecule has 0 aromatic heterocycles. The van der Waals surface area contributed by atoms with Crippen molar-refractivity contribution in [3.8, 4) is 0 Å². The Bertz CT molecular complexity index is 1270. The van der Waals surface area contributed by atoms with E-state index >= 15 is 0 Å². The fourth-order valence-electron chi connectivity index (χ4n) is 7.33. The van der Waals surface area contributed by atoms with Crippen LogP contribution < -0.4 is 0 Å². The van der Waals surface area contributed by atoms with E-state index in [4.69, 9.17) is 14.2 Å². The van der Waals surface area contributed by atoms with E-state index in [1.165, 1.54) is 83.5 Å².